The number of halogens is 1. The van der Waals surface area contributed by atoms with Crippen molar-refractivity contribution in [1.82, 2.24) is 15.2 Å². The van der Waals surface area contributed by atoms with Crippen molar-refractivity contribution < 1.29 is 9.59 Å². The summed E-state index contributed by atoms with van der Waals surface area (Å²) in [6, 6.07) is 12.1. The van der Waals surface area contributed by atoms with Gasteiger partial charge in [-0.15, -0.1) is 0 Å². The van der Waals surface area contributed by atoms with Crippen molar-refractivity contribution >= 4 is 33.4 Å². The number of benzene rings is 1. The summed E-state index contributed by atoms with van der Waals surface area (Å²) in [6.07, 6.45) is 0. The van der Waals surface area contributed by atoms with Crippen molar-refractivity contribution in [3.05, 3.63) is 58.3 Å². The Kier molecular flexibility index (Phi) is 6.45. The Hall–Kier alpha value is -2.25. The molecule has 0 saturated carbocycles. The lowest BCUT2D eigenvalue weighted by Crippen LogP contribution is -2.32. The van der Waals surface area contributed by atoms with Gasteiger partial charge in [-0.2, -0.15) is 0 Å². The topological polar surface area (TPSA) is 74.3 Å². The molecular formula is C17H19BrN4O2. The number of hydrogen-bond donors (Lipinski definition) is 2. The third-order valence-corrected chi connectivity index (χ3v) is 3.87. The number of nitrogens with one attached hydrogen (secondary N) is 2. The molecule has 0 radical (unpaired) electrons. The summed E-state index contributed by atoms with van der Waals surface area (Å²) < 4.78 is 0.774. The standard InChI is InChI=1S/C17H19BrN4O2/c1-22(2)11-10-19-16(23)14-8-5-9-15(20-14)17(24)21-13-7-4-3-6-12(13)18/h3-9H,10-11H2,1-2H3,(H,19,23)(H,21,24). The lowest BCUT2D eigenvalue weighted by Gasteiger charge is -2.10. The molecule has 1 heterocycles. The van der Waals surface area contributed by atoms with E-state index in [0.717, 1.165) is 11.0 Å². The van der Waals surface area contributed by atoms with Crippen LogP contribution in [0.3, 0.4) is 0 Å². The van der Waals surface area contributed by atoms with E-state index in [1.54, 1.807) is 24.3 Å². The highest BCUT2D eigenvalue weighted by molar-refractivity contribution is 9.10. The minimum atomic E-state index is -0.371. The van der Waals surface area contributed by atoms with Crippen LogP contribution in [0.25, 0.3) is 0 Å². The fourth-order valence-corrected chi connectivity index (χ4v) is 2.30. The monoisotopic (exact) mass is 390 g/mol. The molecule has 2 rings (SSSR count). The summed E-state index contributed by atoms with van der Waals surface area (Å²) in [4.78, 5) is 30.5. The van der Waals surface area contributed by atoms with Crippen molar-refractivity contribution in [2.75, 3.05) is 32.5 Å². The molecule has 2 amide bonds. The number of amides is 2. The van der Waals surface area contributed by atoms with E-state index in [1.807, 2.05) is 37.2 Å². The Morgan fingerprint density at radius 3 is 2.38 bits per heavy atom. The van der Waals surface area contributed by atoms with Crippen LogP contribution in [0, 0.1) is 0 Å². The zero-order valence-electron chi connectivity index (χ0n) is 13.5. The molecule has 0 spiro atoms. The molecule has 0 aliphatic carbocycles. The fraction of sp³-hybridized carbons (Fsp3) is 0.235. The van der Waals surface area contributed by atoms with Crippen LogP contribution >= 0.6 is 15.9 Å². The van der Waals surface area contributed by atoms with Crippen LogP contribution < -0.4 is 10.6 Å². The fourth-order valence-electron chi connectivity index (χ4n) is 1.92. The number of aromatic nitrogens is 1. The van der Waals surface area contributed by atoms with Crippen molar-refractivity contribution in [2.45, 2.75) is 0 Å². The third-order valence-electron chi connectivity index (χ3n) is 3.18. The molecule has 0 saturated heterocycles. The Morgan fingerprint density at radius 2 is 1.71 bits per heavy atom. The molecule has 24 heavy (non-hydrogen) atoms. The lowest BCUT2D eigenvalue weighted by molar-refractivity contribution is 0.0946. The Morgan fingerprint density at radius 1 is 1.04 bits per heavy atom. The normalized spacial score (nSPS) is 10.5. The summed E-state index contributed by atoms with van der Waals surface area (Å²) >= 11 is 3.37. The largest absolute Gasteiger partial charge is 0.349 e. The Bertz CT molecular complexity index is 734. The maximum atomic E-state index is 12.3. The number of anilines is 1. The first-order valence-electron chi connectivity index (χ1n) is 7.43. The summed E-state index contributed by atoms with van der Waals surface area (Å²) in [5.74, 6) is -0.669. The average molecular weight is 391 g/mol. The number of hydrogen-bond acceptors (Lipinski definition) is 4. The molecule has 1 aromatic heterocycles. The van der Waals surface area contributed by atoms with Crippen LogP contribution in [0.2, 0.25) is 0 Å². The predicted molar refractivity (Wildman–Crippen MR) is 97.2 cm³/mol. The number of nitrogens with zero attached hydrogens (tertiary/aromatic N) is 2. The minimum absolute atomic E-state index is 0.186. The zero-order valence-corrected chi connectivity index (χ0v) is 15.1. The predicted octanol–water partition coefficient (Wildman–Crippen LogP) is 2.39. The second kappa shape index (κ2) is 8.56. The maximum absolute atomic E-state index is 12.3. The smallest absolute Gasteiger partial charge is 0.274 e. The summed E-state index contributed by atoms with van der Waals surface area (Å²) in [7, 11) is 3.86. The van der Waals surface area contributed by atoms with Gasteiger partial charge >= 0.3 is 0 Å². The number of pyridine rings is 1. The molecule has 0 aliphatic heterocycles. The zero-order chi connectivity index (χ0) is 17.5. The Balaban J connectivity index is 2.05. The molecular weight excluding hydrogens is 372 g/mol. The summed E-state index contributed by atoms with van der Waals surface area (Å²) in [6.45, 7) is 1.24. The molecule has 0 unspecified atom stereocenters. The molecule has 7 heteroatoms. The first-order chi connectivity index (χ1) is 11.5. The quantitative estimate of drug-likeness (QED) is 0.793. The number of likely N-dealkylation sites (N-methyl/N-ethyl adjacent to an activating group) is 1. The van der Waals surface area contributed by atoms with Gasteiger partial charge in [0.1, 0.15) is 11.4 Å². The molecule has 126 valence electrons. The van der Waals surface area contributed by atoms with Crippen molar-refractivity contribution in [3.63, 3.8) is 0 Å². The highest BCUT2D eigenvalue weighted by Gasteiger charge is 2.13. The van der Waals surface area contributed by atoms with Crippen molar-refractivity contribution in [1.29, 1.82) is 0 Å². The summed E-state index contributed by atoms with van der Waals surface area (Å²) in [5, 5.41) is 5.54. The first-order valence-corrected chi connectivity index (χ1v) is 8.22. The van der Waals surface area contributed by atoms with Gasteiger partial charge < -0.3 is 15.5 Å². The van der Waals surface area contributed by atoms with E-state index in [-0.39, 0.29) is 23.2 Å². The number of rotatable bonds is 6. The van der Waals surface area contributed by atoms with Crippen molar-refractivity contribution in [2.24, 2.45) is 0 Å². The molecule has 0 aliphatic rings. The van der Waals surface area contributed by atoms with E-state index < -0.39 is 0 Å². The van der Waals surface area contributed by atoms with E-state index in [2.05, 4.69) is 31.5 Å². The molecule has 6 nitrogen and oxygen atoms in total. The summed E-state index contributed by atoms with van der Waals surface area (Å²) in [5.41, 5.74) is 1.05. The van der Waals surface area contributed by atoms with Gasteiger partial charge in [0.05, 0.1) is 5.69 Å². The second-order valence-electron chi connectivity index (χ2n) is 5.40. The van der Waals surface area contributed by atoms with Crippen LogP contribution in [-0.4, -0.2) is 48.9 Å². The van der Waals surface area contributed by atoms with Gasteiger partial charge in [0, 0.05) is 17.6 Å². The van der Waals surface area contributed by atoms with E-state index >= 15 is 0 Å². The van der Waals surface area contributed by atoms with E-state index in [9.17, 15) is 9.59 Å². The second-order valence-corrected chi connectivity index (χ2v) is 6.26. The van der Waals surface area contributed by atoms with Crippen LogP contribution in [0.5, 0.6) is 0 Å². The van der Waals surface area contributed by atoms with Gasteiger partial charge in [0.15, 0.2) is 0 Å². The minimum Gasteiger partial charge on any atom is -0.349 e. The molecule has 0 atom stereocenters. The molecule has 2 aromatic rings. The highest BCUT2D eigenvalue weighted by atomic mass is 79.9. The maximum Gasteiger partial charge on any atom is 0.274 e. The van der Waals surface area contributed by atoms with Gasteiger partial charge in [-0.25, -0.2) is 4.98 Å². The number of carbonyl (C=O) groups is 2. The Labute approximate surface area is 149 Å². The van der Waals surface area contributed by atoms with Gasteiger partial charge in [0.25, 0.3) is 11.8 Å². The number of para-hydroxylation sites is 1. The molecule has 2 N–H and O–H groups in total. The third kappa shape index (κ3) is 5.14. The van der Waals surface area contributed by atoms with Gasteiger partial charge in [0.2, 0.25) is 0 Å². The average Bonchev–Trinajstić information content (AvgIpc) is 2.56. The lowest BCUT2D eigenvalue weighted by atomic mass is 10.2. The van der Waals surface area contributed by atoms with E-state index in [1.165, 1.54) is 0 Å². The van der Waals surface area contributed by atoms with Gasteiger partial charge in [-0.1, -0.05) is 18.2 Å². The van der Waals surface area contributed by atoms with Crippen molar-refractivity contribution in [3.8, 4) is 0 Å². The number of carbonyl (C=O) groups excluding carboxylic acids is 2. The first kappa shape index (κ1) is 18.1. The van der Waals surface area contributed by atoms with Crippen LogP contribution in [0.1, 0.15) is 21.0 Å². The van der Waals surface area contributed by atoms with Crippen LogP contribution in [-0.2, 0) is 0 Å². The molecule has 0 fully saturated rings. The van der Waals surface area contributed by atoms with Crippen LogP contribution in [0.4, 0.5) is 5.69 Å². The highest BCUT2D eigenvalue weighted by Crippen LogP contribution is 2.21. The van der Waals surface area contributed by atoms with Gasteiger partial charge in [-0.3, -0.25) is 9.59 Å². The van der Waals surface area contributed by atoms with E-state index in [0.29, 0.717) is 12.2 Å². The molecule has 0 bridgehead atoms. The van der Waals surface area contributed by atoms with E-state index in [4.69, 9.17) is 0 Å². The SMILES string of the molecule is CN(C)CCNC(=O)c1cccc(C(=O)Nc2ccccc2Br)n1. The van der Waals surface area contributed by atoms with Gasteiger partial charge in [-0.05, 0) is 54.3 Å². The van der Waals surface area contributed by atoms with Crippen LogP contribution in [0.15, 0.2) is 46.9 Å². The molecule has 1 aromatic carbocycles.